The molecule has 1 aromatic carbocycles. The van der Waals surface area contributed by atoms with Crippen molar-refractivity contribution in [1.82, 2.24) is 9.55 Å². The van der Waals surface area contributed by atoms with Gasteiger partial charge in [0.05, 0.1) is 24.8 Å². The first-order chi connectivity index (χ1) is 9.65. The molecule has 2 aromatic rings. The lowest BCUT2D eigenvalue weighted by molar-refractivity contribution is -0.143. The Morgan fingerprint density at radius 2 is 2.25 bits per heavy atom. The molecule has 0 atom stereocenters. The molecule has 0 aliphatic carbocycles. The molecule has 0 radical (unpaired) electrons. The maximum absolute atomic E-state index is 11.3. The molecule has 0 aliphatic heterocycles. The fourth-order valence-electron chi connectivity index (χ4n) is 2.10. The van der Waals surface area contributed by atoms with Crippen molar-refractivity contribution in [3.63, 3.8) is 0 Å². The Kier molecular flexibility index (Phi) is 4.45. The molecule has 0 fully saturated rings. The molecule has 1 aromatic heterocycles. The number of imidazole rings is 1. The number of ether oxygens (including phenoxy) is 2. The summed E-state index contributed by atoms with van der Waals surface area (Å²) in [6.45, 7) is 2.84. The third-order valence-corrected chi connectivity index (χ3v) is 3.05. The van der Waals surface area contributed by atoms with Crippen LogP contribution in [0, 0.1) is 0 Å². The minimum atomic E-state index is -0.183. The van der Waals surface area contributed by atoms with Gasteiger partial charge in [-0.2, -0.15) is 0 Å². The van der Waals surface area contributed by atoms with Crippen LogP contribution in [-0.4, -0.2) is 29.2 Å². The number of fused-ring (bicyclic) bond motifs is 1. The minimum Gasteiger partial charge on any atom is -0.497 e. The Labute approximate surface area is 117 Å². The van der Waals surface area contributed by atoms with E-state index in [0.29, 0.717) is 31.9 Å². The first-order valence-electron chi connectivity index (χ1n) is 6.61. The van der Waals surface area contributed by atoms with E-state index in [0.717, 1.165) is 16.8 Å². The zero-order valence-electron chi connectivity index (χ0n) is 11.8. The number of nitrogens with two attached hydrogens (primary N) is 1. The van der Waals surface area contributed by atoms with Crippen LogP contribution in [-0.2, 0) is 16.1 Å². The Bertz CT molecular complexity index is 607. The van der Waals surface area contributed by atoms with Gasteiger partial charge in [0.1, 0.15) is 5.75 Å². The van der Waals surface area contributed by atoms with Gasteiger partial charge in [-0.15, -0.1) is 0 Å². The zero-order chi connectivity index (χ0) is 14.5. The molecule has 0 aliphatic rings. The van der Waals surface area contributed by atoms with Gasteiger partial charge in [-0.25, -0.2) is 4.98 Å². The highest BCUT2D eigenvalue weighted by Crippen LogP contribution is 2.23. The number of nitrogens with zero attached hydrogens (tertiary/aromatic N) is 2. The van der Waals surface area contributed by atoms with Gasteiger partial charge in [0, 0.05) is 19.0 Å². The monoisotopic (exact) mass is 277 g/mol. The summed E-state index contributed by atoms with van der Waals surface area (Å²) < 4.78 is 12.0. The highest BCUT2D eigenvalue weighted by Gasteiger charge is 2.10. The van der Waals surface area contributed by atoms with Gasteiger partial charge in [0.15, 0.2) is 0 Å². The quantitative estimate of drug-likeness (QED) is 0.817. The summed E-state index contributed by atoms with van der Waals surface area (Å²) in [5.74, 6) is 1.00. The molecule has 6 heteroatoms. The van der Waals surface area contributed by atoms with E-state index in [1.807, 2.05) is 22.8 Å². The lowest BCUT2D eigenvalue weighted by Gasteiger charge is -2.06. The van der Waals surface area contributed by atoms with Crippen LogP contribution in [0.25, 0.3) is 11.0 Å². The van der Waals surface area contributed by atoms with Gasteiger partial charge >= 0.3 is 5.97 Å². The molecule has 108 valence electrons. The molecule has 0 spiro atoms. The summed E-state index contributed by atoms with van der Waals surface area (Å²) in [5, 5.41) is 0. The van der Waals surface area contributed by atoms with Crippen molar-refractivity contribution in [1.29, 1.82) is 0 Å². The predicted molar refractivity (Wildman–Crippen MR) is 76.6 cm³/mol. The van der Waals surface area contributed by atoms with Gasteiger partial charge in [-0.1, -0.05) is 0 Å². The first kappa shape index (κ1) is 14.2. The van der Waals surface area contributed by atoms with Crippen molar-refractivity contribution in [3.8, 4) is 5.75 Å². The van der Waals surface area contributed by atoms with E-state index in [1.54, 1.807) is 14.0 Å². The number of methoxy groups -OCH3 is 1. The number of hydrogen-bond acceptors (Lipinski definition) is 5. The van der Waals surface area contributed by atoms with E-state index in [2.05, 4.69) is 4.98 Å². The van der Waals surface area contributed by atoms with E-state index in [-0.39, 0.29) is 5.97 Å². The SMILES string of the molecule is CCOC(=O)CCCn1c(N)nc2cc(OC)ccc21. The van der Waals surface area contributed by atoms with Crippen LogP contribution in [0.1, 0.15) is 19.8 Å². The van der Waals surface area contributed by atoms with E-state index >= 15 is 0 Å². The molecule has 2 rings (SSSR count). The van der Waals surface area contributed by atoms with Crippen LogP contribution in [0.3, 0.4) is 0 Å². The van der Waals surface area contributed by atoms with Gasteiger partial charge in [-0.3, -0.25) is 4.79 Å². The summed E-state index contributed by atoms with van der Waals surface area (Å²) in [4.78, 5) is 15.6. The molecular formula is C14H19N3O3. The zero-order valence-corrected chi connectivity index (χ0v) is 11.8. The van der Waals surface area contributed by atoms with Crippen molar-refractivity contribution < 1.29 is 14.3 Å². The standard InChI is InChI=1S/C14H19N3O3/c1-3-20-13(18)5-4-8-17-12-7-6-10(19-2)9-11(12)16-14(17)15/h6-7,9H,3-5,8H2,1-2H3,(H2,15,16). The van der Waals surface area contributed by atoms with Crippen LogP contribution in [0.5, 0.6) is 5.75 Å². The lowest BCUT2D eigenvalue weighted by atomic mass is 10.2. The van der Waals surface area contributed by atoms with E-state index in [4.69, 9.17) is 15.2 Å². The number of benzene rings is 1. The molecule has 1 heterocycles. The number of hydrogen-bond donors (Lipinski definition) is 1. The first-order valence-corrected chi connectivity index (χ1v) is 6.61. The lowest BCUT2D eigenvalue weighted by Crippen LogP contribution is -2.08. The third-order valence-electron chi connectivity index (χ3n) is 3.05. The number of carbonyl (C=O) groups is 1. The predicted octanol–water partition coefficient (Wildman–Crippen LogP) is 1.97. The van der Waals surface area contributed by atoms with Crippen molar-refractivity contribution >= 4 is 23.0 Å². The second-order valence-corrected chi connectivity index (χ2v) is 4.38. The average molecular weight is 277 g/mol. The number of aromatic nitrogens is 2. The minimum absolute atomic E-state index is 0.183. The van der Waals surface area contributed by atoms with E-state index in [9.17, 15) is 4.79 Å². The highest BCUT2D eigenvalue weighted by atomic mass is 16.5. The summed E-state index contributed by atoms with van der Waals surface area (Å²) in [5.41, 5.74) is 7.64. The van der Waals surface area contributed by atoms with Crippen LogP contribution >= 0.6 is 0 Å². The average Bonchev–Trinajstić information content (AvgIpc) is 2.74. The number of anilines is 1. The van der Waals surface area contributed by atoms with Crippen molar-refractivity contribution in [2.24, 2.45) is 0 Å². The number of aryl methyl sites for hydroxylation is 1. The molecule has 0 saturated heterocycles. The van der Waals surface area contributed by atoms with Crippen LogP contribution in [0.4, 0.5) is 5.95 Å². The molecule has 0 unspecified atom stereocenters. The Hall–Kier alpha value is -2.24. The smallest absolute Gasteiger partial charge is 0.305 e. The van der Waals surface area contributed by atoms with Crippen molar-refractivity contribution in [3.05, 3.63) is 18.2 Å². The Morgan fingerprint density at radius 1 is 1.45 bits per heavy atom. The van der Waals surface area contributed by atoms with Crippen molar-refractivity contribution in [2.75, 3.05) is 19.5 Å². The van der Waals surface area contributed by atoms with Crippen LogP contribution in [0.15, 0.2) is 18.2 Å². The Balaban J connectivity index is 2.10. The fraction of sp³-hybridized carbons (Fsp3) is 0.429. The maximum atomic E-state index is 11.3. The molecule has 0 bridgehead atoms. The normalized spacial score (nSPS) is 10.7. The summed E-state index contributed by atoms with van der Waals surface area (Å²) in [6.07, 6.45) is 1.05. The molecular weight excluding hydrogens is 258 g/mol. The van der Waals surface area contributed by atoms with Crippen LogP contribution < -0.4 is 10.5 Å². The van der Waals surface area contributed by atoms with Crippen molar-refractivity contribution in [2.45, 2.75) is 26.3 Å². The number of carbonyl (C=O) groups excluding carboxylic acids is 1. The summed E-state index contributed by atoms with van der Waals surface area (Å²) in [7, 11) is 1.61. The largest absolute Gasteiger partial charge is 0.497 e. The van der Waals surface area contributed by atoms with Gasteiger partial charge in [0.2, 0.25) is 5.95 Å². The maximum Gasteiger partial charge on any atom is 0.305 e. The highest BCUT2D eigenvalue weighted by molar-refractivity contribution is 5.80. The molecule has 0 amide bonds. The number of rotatable bonds is 6. The van der Waals surface area contributed by atoms with Crippen LogP contribution in [0.2, 0.25) is 0 Å². The third kappa shape index (κ3) is 3.01. The molecule has 6 nitrogen and oxygen atoms in total. The van der Waals surface area contributed by atoms with Gasteiger partial charge in [0.25, 0.3) is 0 Å². The fourth-order valence-corrected chi connectivity index (χ4v) is 2.10. The second-order valence-electron chi connectivity index (χ2n) is 4.38. The van der Waals surface area contributed by atoms with Gasteiger partial charge in [-0.05, 0) is 25.5 Å². The van der Waals surface area contributed by atoms with Gasteiger partial charge < -0.3 is 19.8 Å². The molecule has 2 N–H and O–H groups in total. The Morgan fingerprint density at radius 3 is 2.95 bits per heavy atom. The molecule has 0 saturated carbocycles. The van der Waals surface area contributed by atoms with E-state index < -0.39 is 0 Å². The number of nitrogen functional groups attached to an aromatic ring is 1. The molecule has 20 heavy (non-hydrogen) atoms. The topological polar surface area (TPSA) is 79.4 Å². The second kappa shape index (κ2) is 6.27. The van der Waals surface area contributed by atoms with E-state index in [1.165, 1.54) is 0 Å². The summed E-state index contributed by atoms with van der Waals surface area (Å²) >= 11 is 0. The number of esters is 1. The summed E-state index contributed by atoms with van der Waals surface area (Å²) in [6, 6.07) is 5.63.